The van der Waals surface area contributed by atoms with Crippen LogP contribution in [0.15, 0.2) is 267 Å². The topological polar surface area (TPSA) is 8.17 Å². The molecule has 15 rings (SSSR count). The predicted molar refractivity (Wildman–Crippen MR) is 306 cm³/mol. The Bertz CT molecular complexity index is 4400. The first-order valence-corrected chi connectivity index (χ1v) is 25.1. The van der Waals surface area contributed by atoms with Crippen LogP contribution in [0.2, 0.25) is 0 Å². The number of hydrogen-bond donors (Lipinski definition) is 0. The van der Waals surface area contributed by atoms with Crippen LogP contribution in [0.5, 0.6) is 0 Å². The summed E-state index contributed by atoms with van der Waals surface area (Å²) in [7, 11) is 0. The van der Waals surface area contributed by atoms with Gasteiger partial charge in [-0.2, -0.15) is 0 Å². The second-order valence-corrected chi connectivity index (χ2v) is 19.6. The van der Waals surface area contributed by atoms with Gasteiger partial charge in [0.2, 0.25) is 0 Å². The molecule has 13 aromatic rings. The smallest absolute Gasteiger partial charge is 0.0630 e. The van der Waals surface area contributed by atoms with E-state index in [9.17, 15) is 0 Å². The fourth-order valence-electron chi connectivity index (χ4n) is 12.3. The fourth-order valence-corrected chi connectivity index (χ4v) is 12.3. The summed E-state index contributed by atoms with van der Waals surface area (Å²) in [6.45, 7) is 0. The Morgan fingerprint density at radius 1 is 0.319 bits per heavy atom. The molecule has 1 aliphatic carbocycles. The summed E-state index contributed by atoms with van der Waals surface area (Å²) in [6.07, 6.45) is 7.32. The zero-order valence-corrected chi connectivity index (χ0v) is 39.5. The van der Waals surface area contributed by atoms with E-state index >= 15 is 0 Å². The largest absolute Gasteiger partial charge is 0.333 e. The first kappa shape index (κ1) is 40.6. The van der Waals surface area contributed by atoms with Crippen molar-refractivity contribution in [3.63, 3.8) is 0 Å². The summed E-state index contributed by atoms with van der Waals surface area (Å²) in [4.78, 5) is 2.51. The second kappa shape index (κ2) is 16.2. The van der Waals surface area contributed by atoms with E-state index in [0.717, 1.165) is 5.69 Å². The van der Waals surface area contributed by atoms with Gasteiger partial charge in [0.25, 0.3) is 0 Å². The van der Waals surface area contributed by atoms with Gasteiger partial charge in [0.1, 0.15) is 0 Å². The van der Waals surface area contributed by atoms with Crippen molar-refractivity contribution in [2.75, 3.05) is 4.90 Å². The predicted octanol–water partition coefficient (Wildman–Crippen LogP) is 18.7. The Hall–Kier alpha value is -9.24. The SMILES string of the molecule is C1=CC2C(C=C1c1ccc3c(-c4ccc5ccccc5c4)c4cc(-c5ccc6c(c5)c5ccccc5n6-c5ccccc5)ccc4c(-c4ccc5ccccc5c4)c3c1)c1ccccc1N2c1ccccc1. The monoisotopic (exact) mass is 914 g/mol. The minimum absolute atomic E-state index is 0.197. The van der Waals surface area contributed by atoms with Crippen LogP contribution in [0.4, 0.5) is 11.4 Å². The standard InChI is InChI=1S/C70H46N2/c1-3-19-55(20-4-1)71-65-25-13-11-23-57(65)61-41-51(33-37-67(61)71)49-31-35-59-63(43-49)69(53-29-27-45-15-7-9-17-47(45)39-53)60-36-32-50(44-64(60)70(59)54-30-28-46-16-8-10-18-48(46)40-54)52-34-38-68-62(42-52)58-24-12-14-26-66(58)72(68)56-21-5-2-6-22-56/h1-44,61,67H. The number of fused-ring (bicyclic) bond motifs is 10. The molecule has 0 radical (unpaired) electrons. The molecule has 72 heavy (non-hydrogen) atoms. The molecular formula is C70H46N2. The molecule has 0 amide bonds. The highest BCUT2D eigenvalue weighted by Gasteiger charge is 2.38. The third kappa shape index (κ3) is 6.36. The Morgan fingerprint density at radius 3 is 1.53 bits per heavy atom. The molecule has 0 saturated carbocycles. The molecule has 2 unspecified atom stereocenters. The average Bonchev–Trinajstić information content (AvgIpc) is 3.96. The van der Waals surface area contributed by atoms with E-state index in [0.29, 0.717) is 0 Å². The van der Waals surface area contributed by atoms with Gasteiger partial charge in [-0.3, -0.25) is 0 Å². The normalized spacial score (nSPS) is 15.2. The lowest BCUT2D eigenvalue weighted by Gasteiger charge is -2.29. The van der Waals surface area contributed by atoms with Gasteiger partial charge < -0.3 is 9.47 Å². The lowest BCUT2D eigenvalue weighted by Crippen LogP contribution is -2.28. The maximum Gasteiger partial charge on any atom is 0.0630 e. The first-order chi connectivity index (χ1) is 35.7. The zero-order chi connectivity index (χ0) is 47.3. The minimum atomic E-state index is 0.197. The zero-order valence-electron chi connectivity index (χ0n) is 39.5. The number of aromatic nitrogens is 1. The van der Waals surface area contributed by atoms with Gasteiger partial charge in [-0.25, -0.2) is 0 Å². The highest BCUT2D eigenvalue weighted by atomic mass is 15.2. The number of anilines is 2. The fraction of sp³-hybridized carbons (Fsp3) is 0.0286. The van der Waals surface area contributed by atoms with Crippen molar-refractivity contribution in [1.82, 2.24) is 4.57 Å². The van der Waals surface area contributed by atoms with Crippen LogP contribution in [-0.4, -0.2) is 10.6 Å². The van der Waals surface area contributed by atoms with Gasteiger partial charge in [0, 0.05) is 33.8 Å². The number of hydrogen-bond acceptors (Lipinski definition) is 1. The van der Waals surface area contributed by atoms with Gasteiger partial charge in [-0.15, -0.1) is 0 Å². The van der Waals surface area contributed by atoms with Crippen LogP contribution in [0, 0.1) is 0 Å². The summed E-state index contributed by atoms with van der Waals surface area (Å²) >= 11 is 0. The van der Waals surface area contributed by atoms with Gasteiger partial charge in [-0.05, 0) is 166 Å². The van der Waals surface area contributed by atoms with Crippen molar-refractivity contribution in [3.8, 4) is 39.1 Å². The molecule has 1 aromatic heterocycles. The lowest BCUT2D eigenvalue weighted by molar-refractivity contribution is 0.747. The van der Waals surface area contributed by atoms with Crippen LogP contribution >= 0.6 is 0 Å². The summed E-state index contributed by atoms with van der Waals surface area (Å²) in [5.74, 6) is 0.217. The molecule has 2 heterocycles. The van der Waals surface area contributed by atoms with Crippen molar-refractivity contribution in [2.45, 2.75) is 12.0 Å². The van der Waals surface area contributed by atoms with Gasteiger partial charge >= 0.3 is 0 Å². The minimum Gasteiger partial charge on any atom is -0.333 e. The van der Waals surface area contributed by atoms with Gasteiger partial charge in [-0.1, -0.05) is 194 Å². The van der Waals surface area contributed by atoms with Crippen molar-refractivity contribution < 1.29 is 0 Å². The molecule has 0 spiro atoms. The van der Waals surface area contributed by atoms with Crippen molar-refractivity contribution in [1.29, 1.82) is 0 Å². The van der Waals surface area contributed by atoms with Crippen molar-refractivity contribution in [3.05, 3.63) is 278 Å². The summed E-state index contributed by atoms with van der Waals surface area (Å²) in [5.41, 5.74) is 17.2. The molecular weight excluding hydrogens is 869 g/mol. The third-order valence-electron chi connectivity index (χ3n) is 15.6. The van der Waals surface area contributed by atoms with E-state index in [4.69, 9.17) is 0 Å². The molecule has 336 valence electrons. The number of para-hydroxylation sites is 4. The number of benzene rings is 12. The maximum atomic E-state index is 2.52. The van der Waals surface area contributed by atoms with E-state index in [1.165, 1.54) is 126 Å². The highest BCUT2D eigenvalue weighted by molar-refractivity contribution is 6.23. The molecule has 12 aromatic carbocycles. The average molecular weight is 915 g/mol. The van der Waals surface area contributed by atoms with Gasteiger partial charge in [0.15, 0.2) is 0 Å². The number of nitrogens with zero attached hydrogens (tertiary/aromatic N) is 2. The lowest BCUT2D eigenvalue weighted by atomic mass is 9.82. The Morgan fingerprint density at radius 2 is 0.833 bits per heavy atom. The number of allylic oxidation sites excluding steroid dienone is 2. The summed E-state index contributed by atoms with van der Waals surface area (Å²) in [5, 5.41) is 12.4. The van der Waals surface area contributed by atoms with Gasteiger partial charge in [0.05, 0.1) is 17.1 Å². The van der Waals surface area contributed by atoms with E-state index in [1.54, 1.807) is 0 Å². The van der Waals surface area contributed by atoms with E-state index < -0.39 is 0 Å². The highest BCUT2D eigenvalue weighted by Crippen LogP contribution is 2.51. The van der Waals surface area contributed by atoms with Crippen LogP contribution in [0.25, 0.3) is 110 Å². The summed E-state index contributed by atoms with van der Waals surface area (Å²) < 4.78 is 2.40. The molecule has 2 atom stereocenters. The Balaban J connectivity index is 0.972. The van der Waals surface area contributed by atoms with E-state index in [1.807, 2.05) is 0 Å². The van der Waals surface area contributed by atoms with Crippen LogP contribution in [-0.2, 0) is 0 Å². The summed E-state index contributed by atoms with van der Waals surface area (Å²) in [6, 6.07) is 92.6. The first-order valence-electron chi connectivity index (χ1n) is 25.1. The number of rotatable bonds is 6. The van der Waals surface area contributed by atoms with E-state index in [2.05, 4.69) is 276 Å². The molecule has 2 nitrogen and oxygen atoms in total. The van der Waals surface area contributed by atoms with Crippen molar-refractivity contribution in [2.24, 2.45) is 0 Å². The molecule has 1 aliphatic heterocycles. The van der Waals surface area contributed by atoms with Crippen molar-refractivity contribution >= 4 is 81.8 Å². The van der Waals surface area contributed by atoms with Crippen LogP contribution < -0.4 is 4.90 Å². The molecule has 0 N–H and O–H groups in total. The third-order valence-corrected chi connectivity index (χ3v) is 15.6. The molecule has 2 heteroatoms. The molecule has 0 saturated heterocycles. The molecule has 2 aliphatic rings. The quantitative estimate of drug-likeness (QED) is 0.151. The second-order valence-electron chi connectivity index (χ2n) is 19.6. The maximum absolute atomic E-state index is 2.52. The molecule has 0 fully saturated rings. The Kier molecular flexibility index (Phi) is 9.12. The van der Waals surface area contributed by atoms with Crippen LogP contribution in [0.3, 0.4) is 0 Å². The molecule has 0 bridgehead atoms. The Labute approximate surface area is 418 Å². The van der Waals surface area contributed by atoms with E-state index in [-0.39, 0.29) is 12.0 Å². The van der Waals surface area contributed by atoms with Crippen LogP contribution in [0.1, 0.15) is 17.0 Å².